The van der Waals surface area contributed by atoms with Gasteiger partial charge in [0.25, 0.3) is 0 Å². The minimum absolute atomic E-state index is 0. The Morgan fingerprint density at radius 1 is 1.27 bits per heavy atom. The van der Waals surface area contributed by atoms with Gasteiger partial charge in [-0.2, -0.15) is 0 Å². The largest absolute Gasteiger partial charge is 0.356 e. The zero-order valence-electron chi connectivity index (χ0n) is 12.3. The van der Waals surface area contributed by atoms with Gasteiger partial charge in [0.05, 0.1) is 0 Å². The third kappa shape index (κ3) is 3.41. The molecule has 1 aliphatic heterocycles. The molecule has 1 aliphatic carbocycles. The van der Waals surface area contributed by atoms with Gasteiger partial charge in [-0.3, -0.25) is 4.79 Å². The Kier molecular flexibility index (Phi) is 5.40. The van der Waals surface area contributed by atoms with Gasteiger partial charge in [0.15, 0.2) is 0 Å². The molecule has 1 saturated carbocycles. The molecule has 0 bridgehead atoms. The van der Waals surface area contributed by atoms with Crippen LogP contribution in [0.3, 0.4) is 0 Å². The predicted molar refractivity (Wildman–Crippen MR) is 83.0 cm³/mol. The molecule has 0 radical (unpaired) electrons. The molecule has 2 aliphatic rings. The van der Waals surface area contributed by atoms with Gasteiger partial charge in [0.2, 0.25) is 5.91 Å². The maximum absolute atomic E-state index is 13.5. The van der Waals surface area contributed by atoms with Crippen molar-refractivity contribution in [1.82, 2.24) is 10.6 Å². The number of nitrogens with one attached hydrogen (secondary N) is 2. The van der Waals surface area contributed by atoms with Crippen LogP contribution < -0.4 is 10.6 Å². The van der Waals surface area contributed by atoms with Crippen LogP contribution in [0, 0.1) is 23.0 Å². The zero-order chi connectivity index (χ0) is 14.9. The zero-order valence-corrected chi connectivity index (χ0v) is 13.1. The highest BCUT2D eigenvalue weighted by Gasteiger charge is 2.57. The SMILES string of the molecule is Cl.O=C(NCCc1c(F)cccc1F)C1CC12CCNCC2. The Balaban J connectivity index is 0.00000176. The highest BCUT2D eigenvalue weighted by molar-refractivity contribution is 5.85. The second-order valence-corrected chi connectivity index (χ2v) is 6.11. The van der Waals surface area contributed by atoms with Crippen LogP contribution in [0.5, 0.6) is 0 Å². The van der Waals surface area contributed by atoms with Crippen LogP contribution >= 0.6 is 12.4 Å². The molecule has 1 heterocycles. The predicted octanol–water partition coefficient (Wildman–Crippen LogP) is 2.44. The van der Waals surface area contributed by atoms with E-state index < -0.39 is 11.6 Å². The molecule has 22 heavy (non-hydrogen) atoms. The third-order valence-electron chi connectivity index (χ3n) is 4.84. The molecule has 2 N–H and O–H groups in total. The van der Waals surface area contributed by atoms with Crippen molar-refractivity contribution in [3.05, 3.63) is 35.4 Å². The summed E-state index contributed by atoms with van der Waals surface area (Å²) in [6.07, 6.45) is 3.24. The molecule has 2 fully saturated rings. The van der Waals surface area contributed by atoms with Crippen molar-refractivity contribution in [1.29, 1.82) is 0 Å². The van der Waals surface area contributed by atoms with E-state index in [-0.39, 0.29) is 48.2 Å². The fourth-order valence-corrected chi connectivity index (χ4v) is 3.40. The number of hydrogen-bond donors (Lipinski definition) is 2. The van der Waals surface area contributed by atoms with Crippen molar-refractivity contribution in [2.45, 2.75) is 25.7 Å². The Hall–Kier alpha value is -1.20. The van der Waals surface area contributed by atoms with Gasteiger partial charge in [0.1, 0.15) is 11.6 Å². The summed E-state index contributed by atoms with van der Waals surface area (Å²) in [7, 11) is 0. The lowest BCUT2D eigenvalue weighted by molar-refractivity contribution is -0.123. The van der Waals surface area contributed by atoms with Crippen LogP contribution in [0.2, 0.25) is 0 Å². The summed E-state index contributed by atoms with van der Waals surface area (Å²) in [4.78, 5) is 12.1. The molecule has 6 heteroatoms. The summed E-state index contributed by atoms with van der Waals surface area (Å²) in [5.74, 6) is -0.977. The molecule has 1 saturated heterocycles. The van der Waals surface area contributed by atoms with Gasteiger partial charge in [-0.1, -0.05) is 6.07 Å². The highest BCUT2D eigenvalue weighted by atomic mass is 35.5. The normalized spacial score (nSPS) is 22.0. The number of carbonyl (C=O) groups excluding carboxylic acids is 1. The second kappa shape index (κ2) is 6.92. The van der Waals surface area contributed by atoms with Crippen LogP contribution in [0.25, 0.3) is 0 Å². The first-order valence-electron chi connectivity index (χ1n) is 7.54. The molecule has 1 unspecified atom stereocenters. The first kappa shape index (κ1) is 17.2. The summed E-state index contributed by atoms with van der Waals surface area (Å²) in [5, 5.41) is 6.13. The van der Waals surface area contributed by atoms with E-state index in [0.717, 1.165) is 32.4 Å². The van der Waals surface area contributed by atoms with Crippen molar-refractivity contribution >= 4 is 18.3 Å². The van der Waals surface area contributed by atoms with Crippen LogP contribution in [-0.4, -0.2) is 25.5 Å². The summed E-state index contributed by atoms with van der Waals surface area (Å²) in [5.41, 5.74) is 0.239. The Bertz CT molecular complexity index is 527. The van der Waals surface area contributed by atoms with Crippen molar-refractivity contribution < 1.29 is 13.6 Å². The fraction of sp³-hybridized carbons (Fsp3) is 0.562. The minimum Gasteiger partial charge on any atom is -0.356 e. The summed E-state index contributed by atoms with van der Waals surface area (Å²) in [6.45, 7) is 2.23. The van der Waals surface area contributed by atoms with E-state index in [1.165, 1.54) is 18.2 Å². The van der Waals surface area contributed by atoms with E-state index in [1.54, 1.807) is 0 Å². The van der Waals surface area contributed by atoms with Gasteiger partial charge >= 0.3 is 0 Å². The lowest BCUT2D eigenvalue weighted by Gasteiger charge is -2.23. The van der Waals surface area contributed by atoms with E-state index >= 15 is 0 Å². The van der Waals surface area contributed by atoms with Crippen LogP contribution in [-0.2, 0) is 11.2 Å². The van der Waals surface area contributed by atoms with Crippen molar-refractivity contribution in [2.24, 2.45) is 11.3 Å². The van der Waals surface area contributed by atoms with Crippen molar-refractivity contribution in [2.75, 3.05) is 19.6 Å². The number of halogens is 3. The molecule has 122 valence electrons. The third-order valence-corrected chi connectivity index (χ3v) is 4.84. The van der Waals surface area contributed by atoms with Gasteiger partial charge in [-0.05, 0) is 56.3 Å². The first-order valence-corrected chi connectivity index (χ1v) is 7.54. The van der Waals surface area contributed by atoms with Crippen molar-refractivity contribution in [3.8, 4) is 0 Å². The summed E-state index contributed by atoms with van der Waals surface area (Å²) in [6, 6.07) is 3.83. The van der Waals surface area contributed by atoms with Gasteiger partial charge in [-0.15, -0.1) is 12.4 Å². The van der Waals surface area contributed by atoms with Crippen LogP contribution in [0.4, 0.5) is 8.78 Å². The molecular weight excluding hydrogens is 310 g/mol. The maximum Gasteiger partial charge on any atom is 0.223 e. The lowest BCUT2D eigenvalue weighted by atomic mass is 9.92. The summed E-state index contributed by atoms with van der Waals surface area (Å²) < 4.78 is 26.9. The lowest BCUT2D eigenvalue weighted by Crippen LogP contribution is -2.34. The Labute approximate surface area is 135 Å². The van der Waals surface area contributed by atoms with E-state index in [1.807, 2.05) is 0 Å². The average Bonchev–Trinajstić information content (AvgIpc) is 3.16. The van der Waals surface area contributed by atoms with Crippen LogP contribution in [0.1, 0.15) is 24.8 Å². The number of rotatable bonds is 4. The molecule has 1 aromatic rings. The molecule has 0 aromatic heterocycles. The van der Waals surface area contributed by atoms with E-state index in [9.17, 15) is 13.6 Å². The number of benzene rings is 1. The topological polar surface area (TPSA) is 41.1 Å². The average molecular weight is 331 g/mol. The molecule has 3 nitrogen and oxygen atoms in total. The Morgan fingerprint density at radius 2 is 1.91 bits per heavy atom. The highest BCUT2D eigenvalue weighted by Crippen LogP contribution is 2.58. The second-order valence-electron chi connectivity index (χ2n) is 6.11. The number of carbonyl (C=O) groups is 1. The standard InChI is InChI=1S/C16H20F2N2O.ClH/c17-13-2-1-3-14(18)11(13)4-7-20-15(21)12-10-16(12)5-8-19-9-6-16;/h1-3,12,19H,4-10H2,(H,20,21);1H. The van der Waals surface area contributed by atoms with E-state index in [4.69, 9.17) is 0 Å². The van der Waals surface area contributed by atoms with Gasteiger partial charge in [-0.25, -0.2) is 8.78 Å². The quantitative estimate of drug-likeness (QED) is 0.890. The molecule has 3 rings (SSSR count). The van der Waals surface area contributed by atoms with E-state index in [2.05, 4.69) is 10.6 Å². The number of hydrogen-bond acceptors (Lipinski definition) is 2. The maximum atomic E-state index is 13.5. The van der Waals surface area contributed by atoms with E-state index in [0.29, 0.717) is 0 Å². The molecule has 1 aromatic carbocycles. The molecule has 1 atom stereocenters. The van der Waals surface area contributed by atoms with Gasteiger partial charge in [0, 0.05) is 18.0 Å². The first-order chi connectivity index (χ1) is 10.1. The van der Waals surface area contributed by atoms with Gasteiger partial charge < -0.3 is 10.6 Å². The number of piperidine rings is 1. The minimum atomic E-state index is -0.550. The molecular formula is C16H21ClF2N2O. The summed E-state index contributed by atoms with van der Waals surface area (Å²) >= 11 is 0. The Morgan fingerprint density at radius 3 is 2.55 bits per heavy atom. The fourth-order valence-electron chi connectivity index (χ4n) is 3.40. The molecule has 1 amide bonds. The smallest absolute Gasteiger partial charge is 0.223 e. The molecule has 1 spiro atoms. The monoisotopic (exact) mass is 330 g/mol. The number of amides is 1. The van der Waals surface area contributed by atoms with Crippen molar-refractivity contribution in [3.63, 3.8) is 0 Å². The van der Waals surface area contributed by atoms with Crippen LogP contribution in [0.15, 0.2) is 18.2 Å².